The second kappa shape index (κ2) is 6.28. The van der Waals surface area contributed by atoms with Gasteiger partial charge in [0.15, 0.2) is 0 Å². The van der Waals surface area contributed by atoms with Crippen LogP contribution >= 0.6 is 39.1 Å². The Morgan fingerprint density at radius 3 is 2.53 bits per heavy atom. The average molecular weight is 341 g/mol. The van der Waals surface area contributed by atoms with E-state index in [1.165, 1.54) is 0 Å². The van der Waals surface area contributed by atoms with Gasteiger partial charge >= 0.3 is 0 Å². The Hall–Kier alpha value is 0.0400. The fourth-order valence-corrected chi connectivity index (χ4v) is 2.26. The highest BCUT2D eigenvalue weighted by Crippen LogP contribution is 2.34. The maximum Gasteiger partial charge on any atom is 0.139 e. The number of nitrogens with one attached hydrogen (secondary N) is 1. The zero-order valence-corrected chi connectivity index (χ0v) is 13.2. The largest absolute Gasteiger partial charge is 0.491 e. The van der Waals surface area contributed by atoms with Crippen molar-refractivity contribution in [2.75, 3.05) is 20.2 Å². The highest BCUT2D eigenvalue weighted by atomic mass is 79.9. The summed E-state index contributed by atoms with van der Waals surface area (Å²) < 4.78 is 6.48. The quantitative estimate of drug-likeness (QED) is 0.803. The molecular formula is C12H16BrCl2NO. The van der Waals surface area contributed by atoms with Crippen LogP contribution in [0.3, 0.4) is 0 Å². The minimum Gasteiger partial charge on any atom is -0.491 e. The Morgan fingerprint density at radius 2 is 1.94 bits per heavy atom. The predicted octanol–water partition coefficient (Wildman–Crippen LogP) is 4.38. The van der Waals surface area contributed by atoms with Crippen molar-refractivity contribution in [1.82, 2.24) is 5.32 Å². The van der Waals surface area contributed by atoms with E-state index in [2.05, 4.69) is 35.1 Å². The maximum absolute atomic E-state index is 6.08. The molecule has 1 aromatic rings. The van der Waals surface area contributed by atoms with E-state index < -0.39 is 0 Å². The monoisotopic (exact) mass is 339 g/mol. The Labute approximate surface area is 121 Å². The molecule has 0 unspecified atom stereocenters. The van der Waals surface area contributed by atoms with Gasteiger partial charge in [-0.15, -0.1) is 0 Å². The first-order chi connectivity index (χ1) is 7.85. The van der Waals surface area contributed by atoms with E-state index in [4.69, 9.17) is 27.9 Å². The van der Waals surface area contributed by atoms with Gasteiger partial charge in [-0.3, -0.25) is 0 Å². The van der Waals surface area contributed by atoms with E-state index in [-0.39, 0.29) is 5.41 Å². The van der Waals surface area contributed by atoms with Gasteiger partial charge in [-0.2, -0.15) is 0 Å². The number of hydrogen-bond donors (Lipinski definition) is 1. The van der Waals surface area contributed by atoms with E-state index in [1.54, 1.807) is 12.1 Å². The molecule has 0 aliphatic rings. The number of rotatable bonds is 5. The molecule has 0 spiro atoms. The first kappa shape index (κ1) is 15.1. The van der Waals surface area contributed by atoms with Gasteiger partial charge in [-0.25, -0.2) is 0 Å². The van der Waals surface area contributed by atoms with E-state index in [9.17, 15) is 0 Å². The second-order valence-corrected chi connectivity index (χ2v) is 6.35. The highest BCUT2D eigenvalue weighted by molar-refractivity contribution is 9.10. The van der Waals surface area contributed by atoms with Crippen molar-refractivity contribution in [1.29, 1.82) is 0 Å². The van der Waals surface area contributed by atoms with Crippen LogP contribution < -0.4 is 10.1 Å². The lowest BCUT2D eigenvalue weighted by molar-refractivity contribution is 0.179. The summed E-state index contributed by atoms with van der Waals surface area (Å²) in [5.74, 6) is 0.615. The lowest BCUT2D eigenvalue weighted by Gasteiger charge is -2.24. The zero-order valence-electron chi connectivity index (χ0n) is 10.1. The van der Waals surface area contributed by atoms with Crippen molar-refractivity contribution in [2.24, 2.45) is 5.41 Å². The van der Waals surface area contributed by atoms with Crippen LogP contribution in [-0.4, -0.2) is 20.2 Å². The predicted molar refractivity (Wildman–Crippen MR) is 77.4 cm³/mol. The van der Waals surface area contributed by atoms with Crippen molar-refractivity contribution in [3.63, 3.8) is 0 Å². The summed E-state index contributed by atoms with van der Waals surface area (Å²) in [4.78, 5) is 0. The van der Waals surface area contributed by atoms with Crippen molar-refractivity contribution in [3.05, 3.63) is 26.7 Å². The summed E-state index contributed by atoms with van der Waals surface area (Å²) in [5.41, 5.74) is 0.0393. The molecule has 0 aromatic heterocycles. The first-order valence-corrected chi connectivity index (χ1v) is 6.82. The molecule has 0 bridgehead atoms. The van der Waals surface area contributed by atoms with Crippen molar-refractivity contribution in [3.8, 4) is 5.75 Å². The average Bonchev–Trinajstić information content (AvgIpc) is 2.21. The minimum absolute atomic E-state index is 0.0393. The summed E-state index contributed by atoms with van der Waals surface area (Å²) in [6.07, 6.45) is 0. The molecular weight excluding hydrogens is 325 g/mol. The maximum atomic E-state index is 6.08. The number of hydrogen-bond acceptors (Lipinski definition) is 2. The van der Waals surface area contributed by atoms with Crippen LogP contribution in [0.5, 0.6) is 5.75 Å². The fourth-order valence-electron chi connectivity index (χ4n) is 1.42. The molecule has 0 aliphatic carbocycles. The van der Waals surface area contributed by atoms with Crippen LogP contribution in [0.25, 0.3) is 0 Å². The van der Waals surface area contributed by atoms with Crippen LogP contribution in [0, 0.1) is 5.41 Å². The van der Waals surface area contributed by atoms with E-state index in [0.717, 1.165) is 11.0 Å². The molecule has 0 aliphatic heterocycles. The van der Waals surface area contributed by atoms with Crippen LogP contribution in [0.15, 0.2) is 16.6 Å². The van der Waals surface area contributed by atoms with Crippen LogP contribution in [0.2, 0.25) is 10.0 Å². The van der Waals surface area contributed by atoms with Crippen LogP contribution in [0.4, 0.5) is 0 Å². The second-order valence-electron chi connectivity index (χ2n) is 4.68. The van der Waals surface area contributed by atoms with Gasteiger partial charge in [0.05, 0.1) is 16.7 Å². The van der Waals surface area contributed by atoms with Gasteiger partial charge in [-0.05, 0) is 29.0 Å². The molecule has 96 valence electrons. The summed E-state index contributed by atoms with van der Waals surface area (Å²) in [7, 11) is 1.92. The summed E-state index contributed by atoms with van der Waals surface area (Å²) in [5, 5.41) is 4.28. The third-order valence-corrected chi connectivity index (χ3v) is 3.74. The standard InChI is InChI=1S/C12H16BrCl2NO/c1-12(2,6-16-3)7-17-11-5-9(14)8(13)4-10(11)15/h4-5,16H,6-7H2,1-3H3. The van der Waals surface area contributed by atoms with Crippen molar-refractivity contribution in [2.45, 2.75) is 13.8 Å². The summed E-state index contributed by atoms with van der Waals surface area (Å²) >= 11 is 15.4. The topological polar surface area (TPSA) is 21.3 Å². The Balaban J connectivity index is 2.73. The van der Waals surface area contributed by atoms with E-state index >= 15 is 0 Å². The van der Waals surface area contributed by atoms with Gasteiger partial charge in [0.1, 0.15) is 5.75 Å². The number of benzene rings is 1. The molecule has 0 fully saturated rings. The van der Waals surface area contributed by atoms with Gasteiger partial charge < -0.3 is 10.1 Å². The fraction of sp³-hybridized carbons (Fsp3) is 0.500. The molecule has 1 rings (SSSR count). The first-order valence-electron chi connectivity index (χ1n) is 5.28. The highest BCUT2D eigenvalue weighted by Gasteiger charge is 2.18. The number of halogens is 3. The summed E-state index contributed by atoms with van der Waals surface area (Å²) in [6, 6.07) is 3.47. The van der Waals surface area contributed by atoms with Crippen LogP contribution in [-0.2, 0) is 0 Å². The van der Waals surface area contributed by atoms with Crippen molar-refractivity contribution < 1.29 is 4.74 Å². The Kier molecular flexibility index (Phi) is 5.58. The Morgan fingerprint density at radius 1 is 1.29 bits per heavy atom. The third kappa shape index (κ3) is 4.66. The van der Waals surface area contributed by atoms with Gasteiger partial charge in [0, 0.05) is 22.5 Å². The smallest absolute Gasteiger partial charge is 0.139 e. The Bertz CT molecular complexity index is 396. The molecule has 0 atom stereocenters. The van der Waals surface area contributed by atoms with Crippen LogP contribution in [0.1, 0.15) is 13.8 Å². The molecule has 0 saturated carbocycles. The summed E-state index contributed by atoms with van der Waals surface area (Å²) in [6.45, 7) is 5.69. The third-order valence-electron chi connectivity index (χ3n) is 2.25. The molecule has 2 nitrogen and oxygen atoms in total. The SMILES string of the molecule is CNCC(C)(C)COc1cc(Cl)c(Br)cc1Cl. The number of ether oxygens (including phenoxy) is 1. The normalized spacial score (nSPS) is 11.6. The molecule has 0 heterocycles. The molecule has 5 heteroatoms. The lowest BCUT2D eigenvalue weighted by Crippen LogP contribution is -2.32. The van der Waals surface area contributed by atoms with E-state index in [0.29, 0.717) is 22.4 Å². The van der Waals surface area contributed by atoms with Gasteiger partial charge in [0.2, 0.25) is 0 Å². The molecule has 17 heavy (non-hydrogen) atoms. The van der Waals surface area contributed by atoms with Gasteiger partial charge in [0.25, 0.3) is 0 Å². The molecule has 1 N–H and O–H groups in total. The zero-order chi connectivity index (χ0) is 13.1. The molecule has 0 amide bonds. The van der Waals surface area contributed by atoms with Gasteiger partial charge in [-0.1, -0.05) is 37.0 Å². The molecule has 0 radical (unpaired) electrons. The van der Waals surface area contributed by atoms with E-state index in [1.807, 2.05) is 7.05 Å². The minimum atomic E-state index is 0.0393. The molecule has 0 saturated heterocycles. The lowest BCUT2D eigenvalue weighted by atomic mass is 9.95. The molecule has 1 aromatic carbocycles. The van der Waals surface area contributed by atoms with Crippen molar-refractivity contribution >= 4 is 39.1 Å².